The Balaban J connectivity index is 1.28. The number of benzene rings is 3. The molecule has 0 unspecified atom stereocenters. The van der Waals surface area contributed by atoms with Gasteiger partial charge in [-0.25, -0.2) is 19.1 Å². The molecule has 47 heavy (non-hydrogen) atoms. The van der Waals surface area contributed by atoms with Crippen LogP contribution in [-0.2, 0) is 13.1 Å². The molecule has 3 aromatic heterocycles. The minimum absolute atomic E-state index is 0.0484. The Hall–Kier alpha value is -5.27. The minimum Gasteiger partial charge on any atom is -0.344 e. The number of nitrogens with zero attached hydrogens (tertiary/aromatic N) is 8. The zero-order valence-electron chi connectivity index (χ0n) is 25.0. The van der Waals surface area contributed by atoms with E-state index in [1.54, 1.807) is 61.7 Å². The van der Waals surface area contributed by atoms with Gasteiger partial charge in [-0.05, 0) is 83.0 Å². The third-order valence-electron chi connectivity index (χ3n) is 8.14. The van der Waals surface area contributed by atoms with Gasteiger partial charge in [0.25, 0.3) is 11.8 Å². The van der Waals surface area contributed by atoms with Gasteiger partial charge in [-0.2, -0.15) is 10.2 Å². The predicted molar refractivity (Wildman–Crippen MR) is 178 cm³/mol. The van der Waals surface area contributed by atoms with E-state index in [4.69, 9.17) is 11.6 Å². The summed E-state index contributed by atoms with van der Waals surface area (Å²) in [4.78, 5) is 47.7. The van der Waals surface area contributed by atoms with Crippen molar-refractivity contribution in [1.29, 1.82) is 0 Å². The molecule has 0 fully saturated rings. The molecule has 7 rings (SSSR count). The monoisotopic (exact) mass is 711 g/mol. The molecular formula is C33H27BrClN9O3. The fourth-order valence-electron chi connectivity index (χ4n) is 5.83. The van der Waals surface area contributed by atoms with E-state index in [1.807, 2.05) is 55.6 Å². The summed E-state index contributed by atoms with van der Waals surface area (Å²) >= 11 is 9.66. The number of hydrogen-bond acceptors (Lipinski definition) is 6. The maximum Gasteiger partial charge on any atom is 0.333 e. The van der Waals surface area contributed by atoms with Crippen molar-refractivity contribution in [2.75, 3.05) is 6.54 Å². The van der Waals surface area contributed by atoms with E-state index in [0.717, 1.165) is 16.9 Å². The van der Waals surface area contributed by atoms with Gasteiger partial charge in [0.05, 0.1) is 40.4 Å². The van der Waals surface area contributed by atoms with Crippen LogP contribution in [0.1, 0.15) is 45.1 Å². The van der Waals surface area contributed by atoms with Crippen molar-refractivity contribution in [3.63, 3.8) is 0 Å². The van der Waals surface area contributed by atoms with E-state index < -0.39 is 11.9 Å². The van der Waals surface area contributed by atoms with Gasteiger partial charge >= 0.3 is 5.69 Å². The molecule has 1 aliphatic rings. The Kier molecular flexibility index (Phi) is 8.08. The summed E-state index contributed by atoms with van der Waals surface area (Å²) in [5, 5.41) is 12.0. The Morgan fingerprint density at radius 2 is 1.74 bits per heavy atom. The first kappa shape index (κ1) is 30.4. The largest absolute Gasteiger partial charge is 0.344 e. The van der Waals surface area contributed by atoms with Crippen LogP contribution in [0.25, 0.3) is 17.1 Å². The topological polar surface area (TPSA) is 125 Å². The highest BCUT2D eigenvalue weighted by atomic mass is 79.9. The summed E-state index contributed by atoms with van der Waals surface area (Å²) < 4.78 is 7.00. The van der Waals surface area contributed by atoms with Crippen LogP contribution in [0.5, 0.6) is 0 Å². The van der Waals surface area contributed by atoms with Crippen LogP contribution in [0.2, 0.25) is 5.02 Å². The molecule has 6 aromatic rings. The maximum absolute atomic E-state index is 14.3. The predicted octanol–water partition coefficient (Wildman–Crippen LogP) is 4.97. The lowest BCUT2D eigenvalue weighted by atomic mass is 10.1. The van der Waals surface area contributed by atoms with Crippen molar-refractivity contribution < 1.29 is 9.59 Å². The summed E-state index contributed by atoms with van der Waals surface area (Å²) in [6, 6.07) is 21.1. The Morgan fingerprint density at radius 1 is 0.957 bits per heavy atom. The van der Waals surface area contributed by atoms with Crippen LogP contribution in [0, 0.1) is 0 Å². The van der Waals surface area contributed by atoms with Gasteiger partial charge < -0.3 is 10.2 Å². The number of hydrogen-bond donors (Lipinski definition) is 1. The maximum atomic E-state index is 14.3. The highest BCUT2D eigenvalue weighted by molar-refractivity contribution is 9.10. The number of fused-ring (bicyclic) bond motifs is 1. The van der Waals surface area contributed by atoms with Gasteiger partial charge in [0.1, 0.15) is 18.3 Å². The minimum atomic E-state index is -0.476. The van der Waals surface area contributed by atoms with Gasteiger partial charge in [-0.1, -0.05) is 29.8 Å². The lowest BCUT2D eigenvalue weighted by Crippen LogP contribution is -2.41. The molecule has 0 saturated heterocycles. The van der Waals surface area contributed by atoms with Crippen molar-refractivity contribution in [3.05, 3.63) is 140 Å². The van der Waals surface area contributed by atoms with Crippen LogP contribution >= 0.6 is 27.5 Å². The number of carbonyl (C=O) groups is 2. The van der Waals surface area contributed by atoms with Gasteiger partial charge in [0.15, 0.2) is 0 Å². The molecule has 0 saturated carbocycles. The highest BCUT2D eigenvalue weighted by Gasteiger charge is 2.33. The fourth-order valence-corrected chi connectivity index (χ4v) is 6.26. The smallest absolute Gasteiger partial charge is 0.333 e. The quantitative estimate of drug-likeness (QED) is 0.249. The normalized spacial score (nSPS) is 13.3. The second kappa shape index (κ2) is 12.5. The molecule has 14 heteroatoms. The zero-order chi connectivity index (χ0) is 32.7. The number of imidazole rings is 1. The molecular weight excluding hydrogens is 686 g/mol. The van der Waals surface area contributed by atoms with Crippen LogP contribution in [0.3, 0.4) is 0 Å². The SMILES string of the molecule is C[C@@H](NC(=O)c1c2n(c(=O)n1-c1ccc(-n3cccn3)cc1)CCN(C(=O)c1ccc(Br)c(Cl)c1)C2)c1ccccc1-n1cncn1. The average molecular weight is 713 g/mol. The first-order valence-corrected chi connectivity index (χ1v) is 15.9. The van der Waals surface area contributed by atoms with E-state index >= 15 is 0 Å². The molecule has 3 aromatic carbocycles. The number of amides is 2. The molecule has 236 valence electrons. The molecule has 2 amide bonds. The highest BCUT2D eigenvalue weighted by Crippen LogP contribution is 2.27. The second-order valence-corrected chi connectivity index (χ2v) is 12.2. The van der Waals surface area contributed by atoms with Crippen molar-refractivity contribution in [2.45, 2.75) is 26.1 Å². The zero-order valence-corrected chi connectivity index (χ0v) is 27.3. The third kappa shape index (κ3) is 5.68. The lowest BCUT2D eigenvalue weighted by Gasteiger charge is -2.28. The van der Waals surface area contributed by atoms with Gasteiger partial charge in [0.2, 0.25) is 0 Å². The van der Waals surface area contributed by atoms with Gasteiger partial charge in [-0.15, -0.1) is 0 Å². The van der Waals surface area contributed by atoms with Crippen LogP contribution in [-0.4, -0.2) is 56.9 Å². The van der Waals surface area contributed by atoms with E-state index in [2.05, 4.69) is 36.4 Å². The molecule has 0 spiro atoms. The number of rotatable bonds is 7. The number of nitrogens with one attached hydrogen (secondary N) is 1. The summed E-state index contributed by atoms with van der Waals surface area (Å²) in [5.74, 6) is -0.718. The third-order valence-corrected chi connectivity index (χ3v) is 9.37. The van der Waals surface area contributed by atoms with Crippen molar-refractivity contribution >= 4 is 39.3 Å². The number of carbonyl (C=O) groups excluding carboxylic acids is 2. The Bertz CT molecular complexity index is 2160. The summed E-state index contributed by atoms with van der Waals surface area (Å²) in [5.41, 5.74) is 3.49. The van der Waals surface area contributed by atoms with Crippen molar-refractivity contribution in [1.82, 2.24) is 43.9 Å². The van der Waals surface area contributed by atoms with Gasteiger partial charge in [-0.3, -0.25) is 18.7 Å². The standard InChI is InChI=1S/C33H27BrClN9O3/c1-21(25-5-2-3-6-28(25)43-20-36-19-38-43)39-31(45)30-29-18-40(32(46)22-7-12-26(34)27(35)17-22)15-16-41(29)33(47)44(30)24-10-8-23(9-11-24)42-14-4-13-37-42/h2-14,17,19-21H,15-16,18H2,1H3,(H,39,45)/t21-/m1/s1. The molecule has 12 nitrogen and oxygen atoms in total. The molecule has 1 atom stereocenters. The summed E-state index contributed by atoms with van der Waals surface area (Å²) in [6.45, 7) is 2.41. The number of halogens is 2. The van der Waals surface area contributed by atoms with Crippen LogP contribution in [0.4, 0.5) is 0 Å². The van der Waals surface area contributed by atoms with Crippen molar-refractivity contribution in [2.24, 2.45) is 0 Å². The van der Waals surface area contributed by atoms with E-state index in [9.17, 15) is 14.4 Å². The Labute approximate surface area is 282 Å². The van der Waals surface area contributed by atoms with Crippen molar-refractivity contribution in [3.8, 4) is 17.1 Å². The van der Waals surface area contributed by atoms with Crippen LogP contribution < -0.4 is 11.0 Å². The fraction of sp³-hybridized carbons (Fsp3) is 0.152. The van der Waals surface area contributed by atoms with Gasteiger partial charge in [0, 0.05) is 35.5 Å². The molecule has 1 aliphatic heterocycles. The first-order valence-electron chi connectivity index (χ1n) is 14.7. The second-order valence-electron chi connectivity index (χ2n) is 11.0. The lowest BCUT2D eigenvalue weighted by molar-refractivity contribution is 0.0706. The van der Waals surface area contributed by atoms with E-state index in [1.165, 1.54) is 10.9 Å². The summed E-state index contributed by atoms with van der Waals surface area (Å²) in [7, 11) is 0. The van der Waals surface area contributed by atoms with E-state index in [-0.39, 0.29) is 36.9 Å². The first-order chi connectivity index (χ1) is 22.8. The number of aromatic nitrogens is 7. The van der Waals surface area contributed by atoms with E-state index in [0.29, 0.717) is 26.4 Å². The molecule has 0 bridgehead atoms. The Morgan fingerprint density at radius 3 is 2.47 bits per heavy atom. The summed E-state index contributed by atoms with van der Waals surface area (Å²) in [6.07, 6.45) is 6.53. The molecule has 1 N–H and O–H groups in total. The average Bonchev–Trinajstić information content (AvgIpc) is 3.88. The molecule has 0 radical (unpaired) electrons. The molecule has 0 aliphatic carbocycles. The molecule has 4 heterocycles. The number of para-hydroxylation sites is 1. The van der Waals surface area contributed by atoms with Crippen LogP contribution in [0.15, 0.2) is 107 Å².